The van der Waals surface area contributed by atoms with Crippen LogP contribution in [-0.4, -0.2) is 22.4 Å². The number of rotatable bonds is 4. The van der Waals surface area contributed by atoms with Crippen molar-refractivity contribution >= 4 is 35.1 Å². The number of hydrogen-bond acceptors (Lipinski definition) is 2. The second kappa shape index (κ2) is 7.07. The minimum atomic E-state index is 0.508. The summed E-state index contributed by atoms with van der Waals surface area (Å²) in [7, 11) is 0. The van der Waals surface area contributed by atoms with Crippen molar-refractivity contribution < 1.29 is 0 Å². The van der Waals surface area contributed by atoms with Crippen LogP contribution in [0.4, 0.5) is 0 Å². The molecule has 2 aromatic rings. The van der Waals surface area contributed by atoms with Crippen LogP contribution in [0.25, 0.3) is 5.69 Å². The number of nitrogens with one attached hydrogen (secondary N) is 2. The van der Waals surface area contributed by atoms with Crippen LogP contribution in [-0.2, 0) is 0 Å². The zero-order chi connectivity index (χ0) is 14.4. The van der Waals surface area contributed by atoms with Crippen molar-refractivity contribution in [3.8, 4) is 5.69 Å². The normalized spacial score (nSPS) is 10.7. The zero-order valence-electron chi connectivity index (χ0n) is 11.0. The van der Waals surface area contributed by atoms with Gasteiger partial charge in [-0.15, -0.1) is 0 Å². The van der Waals surface area contributed by atoms with Crippen LogP contribution in [0.3, 0.4) is 0 Å². The Morgan fingerprint density at radius 2 is 2.10 bits per heavy atom. The van der Waals surface area contributed by atoms with E-state index in [4.69, 9.17) is 23.8 Å². The second-order valence-electron chi connectivity index (χ2n) is 4.01. The lowest BCUT2D eigenvalue weighted by atomic mass is 10.3. The maximum Gasteiger partial charge on any atom is 0.186 e. The van der Waals surface area contributed by atoms with Crippen molar-refractivity contribution in [3.63, 3.8) is 0 Å². The minimum Gasteiger partial charge on any atom is -0.362 e. The SMILES string of the molecule is CCNC(=S)N/N=C\c1cccn1-c1ccc(Cl)cc1. The minimum absolute atomic E-state index is 0.508. The standard InChI is InChI=1S/C14H15ClN4S/c1-2-16-14(20)18-17-10-13-4-3-9-19(13)12-7-5-11(15)6-8-12/h3-10H,2H2,1H3,(H2,16,18,20)/b17-10-. The molecule has 6 heteroatoms. The van der Waals surface area contributed by atoms with Gasteiger partial charge in [0.25, 0.3) is 0 Å². The van der Waals surface area contributed by atoms with Gasteiger partial charge in [0.1, 0.15) is 0 Å². The molecule has 2 rings (SSSR count). The van der Waals surface area contributed by atoms with Gasteiger partial charge in [-0.1, -0.05) is 11.6 Å². The van der Waals surface area contributed by atoms with Gasteiger partial charge < -0.3 is 9.88 Å². The molecule has 1 aromatic carbocycles. The fraction of sp³-hybridized carbons (Fsp3) is 0.143. The third-order valence-electron chi connectivity index (χ3n) is 2.59. The summed E-state index contributed by atoms with van der Waals surface area (Å²) in [4.78, 5) is 0. The zero-order valence-corrected chi connectivity index (χ0v) is 12.6. The monoisotopic (exact) mass is 306 g/mol. The molecule has 0 aliphatic rings. The Bertz CT molecular complexity index is 604. The highest BCUT2D eigenvalue weighted by Crippen LogP contribution is 2.15. The molecule has 0 unspecified atom stereocenters. The van der Waals surface area contributed by atoms with Gasteiger partial charge in [0.2, 0.25) is 0 Å². The summed E-state index contributed by atoms with van der Waals surface area (Å²) in [5.41, 5.74) is 4.73. The number of thiocarbonyl (C=S) groups is 1. The van der Waals surface area contributed by atoms with E-state index in [9.17, 15) is 0 Å². The summed E-state index contributed by atoms with van der Waals surface area (Å²) in [6.45, 7) is 2.74. The number of nitrogens with zero attached hydrogens (tertiary/aromatic N) is 2. The topological polar surface area (TPSA) is 41.4 Å². The first-order chi connectivity index (χ1) is 9.70. The molecule has 0 fully saturated rings. The average Bonchev–Trinajstić information content (AvgIpc) is 2.88. The number of hydrazone groups is 1. The summed E-state index contributed by atoms with van der Waals surface area (Å²) in [6.07, 6.45) is 3.69. The van der Waals surface area contributed by atoms with Crippen molar-refractivity contribution in [3.05, 3.63) is 53.3 Å². The molecule has 0 atom stereocenters. The van der Waals surface area contributed by atoms with Crippen LogP contribution in [0.5, 0.6) is 0 Å². The van der Waals surface area contributed by atoms with Gasteiger partial charge in [-0.05, 0) is 55.5 Å². The van der Waals surface area contributed by atoms with Gasteiger partial charge in [0.05, 0.1) is 11.9 Å². The molecule has 0 saturated carbocycles. The van der Waals surface area contributed by atoms with Gasteiger partial charge in [-0.25, -0.2) is 0 Å². The van der Waals surface area contributed by atoms with Crippen LogP contribution in [0, 0.1) is 0 Å². The Labute approximate surface area is 128 Å². The molecular formula is C14H15ClN4S. The molecule has 4 nitrogen and oxygen atoms in total. The lowest BCUT2D eigenvalue weighted by Gasteiger charge is -2.06. The van der Waals surface area contributed by atoms with Gasteiger partial charge in [-0.3, -0.25) is 5.43 Å². The largest absolute Gasteiger partial charge is 0.362 e. The van der Waals surface area contributed by atoms with Crippen molar-refractivity contribution in [1.82, 2.24) is 15.3 Å². The average molecular weight is 307 g/mol. The van der Waals surface area contributed by atoms with Crippen molar-refractivity contribution in [2.24, 2.45) is 5.10 Å². The van der Waals surface area contributed by atoms with Gasteiger partial charge in [-0.2, -0.15) is 5.10 Å². The van der Waals surface area contributed by atoms with Crippen molar-refractivity contribution in [1.29, 1.82) is 0 Å². The van der Waals surface area contributed by atoms with Crippen molar-refractivity contribution in [2.45, 2.75) is 6.92 Å². The Morgan fingerprint density at radius 3 is 2.80 bits per heavy atom. The molecule has 2 N–H and O–H groups in total. The molecular weight excluding hydrogens is 292 g/mol. The van der Waals surface area contributed by atoms with E-state index in [1.54, 1.807) is 6.21 Å². The Morgan fingerprint density at radius 1 is 1.35 bits per heavy atom. The van der Waals surface area contributed by atoms with E-state index < -0.39 is 0 Å². The van der Waals surface area contributed by atoms with E-state index in [1.807, 2.05) is 54.1 Å². The summed E-state index contributed by atoms with van der Waals surface area (Å²) in [5, 5.41) is 8.30. The molecule has 0 aliphatic heterocycles. The van der Waals surface area contributed by atoms with Crippen LogP contribution < -0.4 is 10.7 Å². The van der Waals surface area contributed by atoms with E-state index in [1.165, 1.54) is 0 Å². The number of halogens is 1. The van der Waals surface area contributed by atoms with Crippen LogP contribution in [0.15, 0.2) is 47.7 Å². The quantitative estimate of drug-likeness (QED) is 0.518. The third-order valence-corrected chi connectivity index (χ3v) is 3.07. The fourth-order valence-electron chi connectivity index (χ4n) is 1.69. The van der Waals surface area contributed by atoms with Gasteiger partial charge >= 0.3 is 0 Å². The Hall–Kier alpha value is -1.85. The highest BCUT2D eigenvalue weighted by atomic mass is 35.5. The number of benzene rings is 1. The Kier molecular flexibility index (Phi) is 5.15. The van der Waals surface area contributed by atoms with E-state index in [2.05, 4.69) is 15.8 Å². The molecule has 0 saturated heterocycles. The molecule has 1 heterocycles. The third kappa shape index (κ3) is 3.82. The number of hydrogen-bond donors (Lipinski definition) is 2. The fourth-order valence-corrected chi connectivity index (χ4v) is 2.02. The molecule has 0 aliphatic carbocycles. The second-order valence-corrected chi connectivity index (χ2v) is 4.85. The smallest absolute Gasteiger partial charge is 0.186 e. The van der Waals surface area contributed by atoms with Crippen molar-refractivity contribution in [2.75, 3.05) is 6.54 Å². The summed E-state index contributed by atoms with van der Waals surface area (Å²) in [5.74, 6) is 0. The predicted molar refractivity (Wildman–Crippen MR) is 87.8 cm³/mol. The molecule has 0 bridgehead atoms. The molecule has 104 valence electrons. The first-order valence-corrected chi connectivity index (χ1v) is 6.99. The molecule has 0 radical (unpaired) electrons. The highest BCUT2D eigenvalue weighted by Gasteiger charge is 2.01. The van der Waals surface area contributed by atoms with E-state index in [-0.39, 0.29) is 0 Å². The van der Waals surface area contributed by atoms with E-state index in [0.29, 0.717) is 10.1 Å². The maximum atomic E-state index is 5.89. The highest BCUT2D eigenvalue weighted by molar-refractivity contribution is 7.80. The maximum absolute atomic E-state index is 5.89. The molecule has 0 spiro atoms. The van der Waals surface area contributed by atoms with Gasteiger partial charge in [0.15, 0.2) is 5.11 Å². The molecule has 1 aromatic heterocycles. The molecule has 0 amide bonds. The Balaban J connectivity index is 2.11. The summed E-state index contributed by atoms with van der Waals surface area (Å²) < 4.78 is 2.01. The number of aromatic nitrogens is 1. The molecule has 20 heavy (non-hydrogen) atoms. The van der Waals surface area contributed by atoms with Crippen LogP contribution in [0.1, 0.15) is 12.6 Å². The predicted octanol–water partition coefficient (Wildman–Crippen LogP) is 2.95. The summed E-state index contributed by atoms with van der Waals surface area (Å²) >= 11 is 10.9. The summed E-state index contributed by atoms with van der Waals surface area (Å²) in [6, 6.07) is 11.5. The first-order valence-electron chi connectivity index (χ1n) is 6.21. The first kappa shape index (κ1) is 14.6. The van der Waals surface area contributed by atoms with E-state index >= 15 is 0 Å². The lowest BCUT2D eigenvalue weighted by Crippen LogP contribution is -2.31. The van der Waals surface area contributed by atoms with Crippen LogP contribution >= 0.6 is 23.8 Å². The van der Waals surface area contributed by atoms with Crippen LogP contribution in [0.2, 0.25) is 5.02 Å². The lowest BCUT2D eigenvalue weighted by molar-refractivity contribution is 0.902. The van der Waals surface area contributed by atoms with Gasteiger partial charge in [0, 0.05) is 23.5 Å². The van der Waals surface area contributed by atoms with E-state index in [0.717, 1.165) is 17.9 Å².